The van der Waals surface area contributed by atoms with Crippen LogP contribution in [-0.4, -0.2) is 35.4 Å². The normalized spacial score (nSPS) is 22.4. The number of hydrogen-bond acceptors (Lipinski definition) is 3. The SMILES string of the molecule is CCC(NCCn1ccnc1)C1CCOC1. The summed E-state index contributed by atoms with van der Waals surface area (Å²) in [6.07, 6.45) is 8.07. The lowest BCUT2D eigenvalue weighted by molar-refractivity contribution is 0.175. The van der Waals surface area contributed by atoms with Gasteiger partial charge in [0.2, 0.25) is 0 Å². The Bertz CT molecular complexity index is 280. The Labute approximate surface area is 97.0 Å². The fourth-order valence-corrected chi connectivity index (χ4v) is 2.31. The van der Waals surface area contributed by atoms with Gasteiger partial charge in [0, 0.05) is 38.1 Å². The molecule has 1 N–H and O–H groups in total. The molecule has 1 aliphatic rings. The topological polar surface area (TPSA) is 39.1 Å². The van der Waals surface area contributed by atoms with Crippen molar-refractivity contribution < 1.29 is 4.74 Å². The molecule has 1 saturated heterocycles. The Balaban J connectivity index is 1.70. The average molecular weight is 223 g/mol. The van der Waals surface area contributed by atoms with E-state index in [1.807, 2.05) is 18.7 Å². The molecule has 2 atom stereocenters. The van der Waals surface area contributed by atoms with E-state index in [0.29, 0.717) is 12.0 Å². The smallest absolute Gasteiger partial charge is 0.0946 e. The maximum absolute atomic E-state index is 5.44. The minimum Gasteiger partial charge on any atom is -0.381 e. The van der Waals surface area contributed by atoms with Crippen LogP contribution in [-0.2, 0) is 11.3 Å². The molecule has 1 aromatic heterocycles. The lowest BCUT2D eigenvalue weighted by Gasteiger charge is -2.22. The van der Waals surface area contributed by atoms with E-state index < -0.39 is 0 Å². The van der Waals surface area contributed by atoms with Crippen LogP contribution >= 0.6 is 0 Å². The van der Waals surface area contributed by atoms with Gasteiger partial charge in [-0.2, -0.15) is 0 Å². The molecule has 4 nitrogen and oxygen atoms in total. The van der Waals surface area contributed by atoms with Crippen molar-refractivity contribution in [2.75, 3.05) is 19.8 Å². The van der Waals surface area contributed by atoms with Gasteiger partial charge in [-0.05, 0) is 18.8 Å². The van der Waals surface area contributed by atoms with E-state index in [1.54, 1.807) is 0 Å². The van der Waals surface area contributed by atoms with E-state index >= 15 is 0 Å². The van der Waals surface area contributed by atoms with E-state index in [9.17, 15) is 0 Å². The Morgan fingerprint density at radius 1 is 1.62 bits per heavy atom. The maximum Gasteiger partial charge on any atom is 0.0946 e. The van der Waals surface area contributed by atoms with Gasteiger partial charge in [-0.25, -0.2) is 4.98 Å². The van der Waals surface area contributed by atoms with Crippen LogP contribution in [0.15, 0.2) is 18.7 Å². The number of rotatable bonds is 6. The first-order chi connectivity index (χ1) is 7.90. The third-order valence-electron chi connectivity index (χ3n) is 3.31. The molecule has 1 aliphatic heterocycles. The van der Waals surface area contributed by atoms with Crippen LogP contribution < -0.4 is 5.32 Å². The maximum atomic E-state index is 5.44. The second kappa shape index (κ2) is 6.01. The summed E-state index contributed by atoms with van der Waals surface area (Å²) in [7, 11) is 0. The van der Waals surface area contributed by atoms with Gasteiger partial charge in [-0.1, -0.05) is 6.92 Å². The summed E-state index contributed by atoms with van der Waals surface area (Å²) in [5.41, 5.74) is 0. The highest BCUT2D eigenvalue weighted by molar-refractivity contribution is 4.79. The minimum atomic E-state index is 0.603. The first-order valence-electron chi connectivity index (χ1n) is 6.17. The first kappa shape index (κ1) is 11.6. The summed E-state index contributed by atoms with van der Waals surface area (Å²) in [6, 6.07) is 0.603. The number of nitrogens with zero attached hydrogens (tertiary/aromatic N) is 2. The highest BCUT2D eigenvalue weighted by Crippen LogP contribution is 2.18. The van der Waals surface area contributed by atoms with Crippen LogP contribution in [0.1, 0.15) is 19.8 Å². The van der Waals surface area contributed by atoms with Crippen molar-refractivity contribution in [1.29, 1.82) is 0 Å². The molecule has 0 bridgehead atoms. The summed E-state index contributed by atoms with van der Waals surface area (Å²) in [4.78, 5) is 4.03. The lowest BCUT2D eigenvalue weighted by atomic mass is 9.97. The molecule has 0 amide bonds. The van der Waals surface area contributed by atoms with Gasteiger partial charge in [-0.15, -0.1) is 0 Å². The second-order valence-corrected chi connectivity index (χ2v) is 4.39. The van der Waals surface area contributed by atoms with Crippen molar-refractivity contribution in [2.24, 2.45) is 5.92 Å². The molecule has 4 heteroatoms. The van der Waals surface area contributed by atoms with Crippen molar-refractivity contribution in [1.82, 2.24) is 14.9 Å². The first-order valence-corrected chi connectivity index (χ1v) is 6.17. The van der Waals surface area contributed by atoms with Crippen molar-refractivity contribution in [3.63, 3.8) is 0 Å². The molecule has 0 aliphatic carbocycles. The molecule has 2 unspecified atom stereocenters. The van der Waals surface area contributed by atoms with Gasteiger partial charge in [0.05, 0.1) is 12.9 Å². The van der Waals surface area contributed by atoms with E-state index in [0.717, 1.165) is 26.3 Å². The van der Waals surface area contributed by atoms with Crippen LogP contribution in [0.25, 0.3) is 0 Å². The molecule has 0 spiro atoms. The predicted octanol–water partition coefficient (Wildman–Crippen LogP) is 1.29. The van der Waals surface area contributed by atoms with Crippen molar-refractivity contribution in [3.8, 4) is 0 Å². The van der Waals surface area contributed by atoms with Crippen LogP contribution in [0.3, 0.4) is 0 Å². The number of ether oxygens (including phenoxy) is 1. The summed E-state index contributed by atoms with van der Waals surface area (Å²) in [5.74, 6) is 0.702. The molecule has 1 aromatic rings. The van der Waals surface area contributed by atoms with Crippen molar-refractivity contribution in [3.05, 3.63) is 18.7 Å². The molecule has 0 saturated carbocycles. The van der Waals surface area contributed by atoms with Crippen molar-refractivity contribution in [2.45, 2.75) is 32.4 Å². The number of imidazole rings is 1. The summed E-state index contributed by atoms with van der Waals surface area (Å²) in [5, 5.41) is 3.62. The lowest BCUT2D eigenvalue weighted by Crippen LogP contribution is -2.37. The molecule has 0 radical (unpaired) electrons. The molecule has 90 valence electrons. The van der Waals surface area contributed by atoms with Crippen LogP contribution in [0.2, 0.25) is 0 Å². The van der Waals surface area contributed by atoms with Gasteiger partial charge < -0.3 is 14.6 Å². The van der Waals surface area contributed by atoms with Gasteiger partial charge >= 0.3 is 0 Å². The molecule has 2 rings (SSSR count). The van der Waals surface area contributed by atoms with Crippen LogP contribution in [0.4, 0.5) is 0 Å². The Kier molecular flexibility index (Phi) is 4.36. The molecule has 1 fully saturated rings. The van der Waals surface area contributed by atoms with Crippen molar-refractivity contribution >= 4 is 0 Å². The fraction of sp³-hybridized carbons (Fsp3) is 0.750. The van der Waals surface area contributed by atoms with E-state index in [2.05, 4.69) is 21.8 Å². The zero-order chi connectivity index (χ0) is 11.2. The standard InChI is InChI=1S/C12H21N3O/c1-2-12(11-3-8-16-9-11)14-5-7-15-6-4-13-10-15/h4,6,10-12,14H,2-3,5,7-9H2,1H3. The average Bonchev–Trinajstić information content (AvgIpc) is 2.96. The van der Waals surface area contributed by atoms with Gasteiger partial charge in [0.25, 0.3) is 0 Å². The zero-order valence-corrected chi connectivity index (χ0v) is 9.93. The fourth-order valence-electron chi connectivity index (χ4n) is 2.31. The minimum absolute atomic E-state index is 0.603. The van der Waals surface area contributed by atoms with E-state index in [1.165, 1.54) is 12.8 Å². The number of nitrogens with one attached hydrogen (secondary N) is 1. The highest BCUT2D eigenvalue weighted by atomic mass is 16.5. The van der Waals surface area contributed by atoms with E-state index in [-0.39, 0.29) is 0 Å². The van der Waals surface area contributed by atoms with Gasteiger partial charge in [0.15, 0.2) is 0 Å². The number of aromatic nitrogens is 2. The quantitative estimate of drug-likeness (QED) is 0.790. The Morgan fingerprint density at radius 2 is 2.56 bits per heavy atom. The molecule has 2 heterocycles. The number of hydrogen-bond donors (Lipinski definition) is 1. The summed E-state index contributed by atoms with van der Waals surface area (Å²) in [6.45, 7) is 6.10. The van der Waals surface area contributed by atoms with Crippen LogP contribution in [0, 0.1) is 5.92 Å². The Morgan fingerprint density at radius 3 is 3.19 bits per heavy atom. The Hall–Kier alpha value is -0.870. The van der Waals surface area contributed by atoms with E-state index in [4.69, 9.17) is 4.74 Å². The zero-order valence-electron chi connectivity index (χ0n) is 9.93. The molecular formula is C12H21N3O. The molecule has 16 heavy (non-hydrogen) atoms. The van der Waals surface area contributed by atoms with Crippen LogP contribution in [0.5, 0.6) is 0 Å². The van der Waals surface area contributed by atoms with Gasteiger partial charge in [0.1, 0.15) is 0 Å². The monoisotopic (exact) mass is 223 g/mol. The summed E-state index contributed by atoms with van der Waals surface area (Å²) >= 11 is 0. The molecule has 0 aromatic carbocycles. The third kappa shape index (κ3) is 3.06. The molecular weight excluding hydrogens is 202 g/mol. The third-order valence-corrected chi connectivity index (χ3v) is 3.31. The van der Waals surface area contributed by atoms with Gasteiger partial charge in [-0.3, -0.25) is 0 Å². The largest absolute Gasteiger partial charge is 0.381 e. The predicted molar refractivity (Wildman–Crippen MR) is 63.2 cm³/mol. The summed E-state index contributed by atoms with van der Waals surface area (Å²) < 4.78 is 7.54. The second-order valence-electron chi connectivity index (χ2n) is 4.39. The highest BCUT2D eigenvalue weighted by Gasteiger charge is 2.23.